The van der Waals surface area contributed by atoms with E-state index in [4.69, 9.17) is 4.74 Å². The van der Waals surface area contributed by atoms with Crippen LogP contribution in [0.4, 0.5) is 5.69 Å². The second kappa shape index (κ2) is 8.69. The van der Waals surface area contributed by atoms with E-state index in [2.05, 4.69) is 4.90 Å². The molecule has 1 fully saturated rings. The third kappa shape index (κ3) is 4.40. The number of hydrogen-bond donors (Lipinski definition) is 0. The summed E-state index contributed by atoms with van der Waals surface area (Å²) in [6, 6.07) is 7.90. The monoisotopic (exact) mass is 355 g/mol. The standard InChI is InChI=1S/C17H29N3O3S/c1-4-9-19(10-5-2)24(21,22)20-13-11-18(12-14-20)16-7-6-8-17(15-16)23-3/h6-8,15H,4-5,9-14H2,1-3H3. The molecule has 0 aliphatic carbocycles. The van der Waals surface area contributed by atoms with Gasteiger partial charge in [0.1, 0.15) is 5.75 Å². The first-order chi connectivity index (χ1) is 11.5. The van der Waals surface area contributed by atoms with Gasteiger partial charge in [0.05, 0.1) is 7.11 Å². The third-order valence-corrected chi connectivity index (χ3v) is 6.29. The lowest BCUT2D eigenvalue weighted by atomic mass is 10.2. The number of anilines is 1. The van der Waals surface area contributed by atoms with Gasteiger partial charge in [-0.3, -0.25) is 0 Å². The number of methoxy groups -OCH3 is 1. The maximum Gasteiger partial charge on any atom is 0.282 e. The van der Waals surface area contributed by atoms with Crippen molar-refractivity contribution in [2.45, 2.75) is 26.7 Å². The molecule has 0 radical (unpaired) electrons. The Labute approximate surface area is 146 Å². The highest BCUT2D eigenvalue weighted by Crippen LogP contribution is 2.23. The van der Waals surface area contributed by atoms with Gasteiger partial charge in [-0.05, 0) is 25.0 Å². The molecule has 0 saturated carbocycles. The van der Waals surface area contributed by atoms with Gasteiger partial charge >= 0.3 is 0 Å². The first-order valence-electron chi connectivity index (χ1n) is 8.67. The highest BCUT2D eigenvalue weighted by Gasteiger charge is 2.31. The van der Waals surface area contributed by atoms with Crippen LogP contribution in [0.2, 0.25) is 0 Å². The van der Waals surface area contributed by atoms with E-state index < -0.39 is 10.2 Å². The average molecular weight is 356 g/mol. The summed E-state index contributed by atoms with van der Waals surface area (Å²) in [4.78, 5) is 2.21. The molecule has 0 bridgehead atoms. The Hall–Kier alpha value is -1.31. The van der Waals surface area contributed by atoms with Gasteiger partial charge in [0.25, 0.3) is 10.2 Å². The van der Waals surface area contributed by atoms with Gasteiger partial charge in [0, 0.05) is 51.0 Å². The fraction of sp³-hybridized carbons (Fsp3) is 0.647. The summed E-state index contributed by atoms with van der Waals surface area (Å²) in [5.74, 6) is 0.819. The largest absolute Gasteiger partial charge is 0.497 e. The first-order valence-corrected chi connectivity index (χ1v) is 10.1. The summed E-state index contributed by atoms with van der Waals surface area (Å²) in [5.41, 5.74) is 1.07. The lowest BCUT2D eigenvalue weighted by molar-refractivity contribution is 0.323. The van der Waals surface area contributed by atoms with Crippen LogP contribution in [0.5, 0.6) is 5.75 Å². The van der Waals surface area contributed by atoms with E-state index in [1.54, 1.807) is 15.7 Å². The zero-order valence-electron chi connectivity index (χ0n) is 14.9. The Balaban J connectivity index is 2.02. The third-order valence-electron chi connectivity index (χ3n) is 4.26. The van der Waals surface area contributed by atoms with E-state index in [0.29, 0.717) is 39.3 Å². The normalized spacial score (nSPS) is 16.6. The summed E-state index contributed by atoms with van der Waals surface area (Å²) in [7, 11) is -1.70. The molecule has 0 atom stereocenters. The molecule has 1 aromatic carbocycles. The Morgan fingerprint density at radius 1 is 1.08 bits per heavy atom. The van der Waals surface area contributed by atoms with Gasteiger partial charge in [-0.2, -0.15) is 17.0 Å². The molecular formula is C17H29N3O3S. The van der Waals surface area contributed by atoms with Crippen molar-refractivity contribution in [2.75, 3.05) is 51.3 Å². The molecule has 6 nitrogen and oxygen atoms in total. The smallest absolute Gasteiger partial charge is 0.282 e. The molecule has 1 heterocycles. The molecule has 0 aromatic heterocycles. The minimum absolute atomic E-state index is 0.517. The Morgan fingerprint density at radius 3 is 2.25 bits per heavy atom. The molecule has 1 saturated heterocycles. The van der Waals surface area contributed by atoms with Crippen LogP contribution < -0.4 is 9.64 Å². The summed E-state index contributed by atoms with van der Waals surface area (Å²) in [6.07, 6.45) is 1.67. The van der Waals surface area contributed by atoms with Crippen molar-refractivity contribution in [3.63, 3.8) is 0 Å². The van der Waals surface area contributed by atoms with Gasteiger partial charge in [-0.1, -0.05) is 19.9 Å². The Morgan fingerprint density at radius 2 is 1.71 bits per heavy atom. The zero-order valence-corrected chi connectivity index (χ0v) is 15.8. The van der Waals surface area contributed by atoms with E-state index in [1.807, 2.05) is 38.1 Å². The number of ether oxygens (including phenoxy) is 1. The van der Waals surface area contributed by atoms with Crippen LogP contribution >= 0.6 is 0 Å². The molecule has 0 amide bonds. The fourth-order valence-electron chi connectivity index (χ4n) is 2.99. The molecular weight excluding hydrogens is 326 g/mol. The van der Waals surface area contributed by atoms with Crippen LogP contribution in [0.3, 0.4) is 0 Å². The zero-order chi connectivity index (χ0) is 17.6. The Bertz CT molecular complexity index is 607. The van der Waals surface area contributed by atoms with E-state index in [9.17, 15) is 8.42 Å². The summed E-state index contributed by atoms with van der Waals surface area (Å²) < 4.78 is 34.2. The van der Waals surface area contributed by atoms with Crippen LogP contribution in [0.25, 0.3) is 0 Å². The maximum atomic E-state index is 12.8. The molecule has 2 rings (SSSR count). The van der Waals surface area contributed by atoms with Crippen molar-refractivity contribution < 1.29 is 13.2 Å². The van der Waals surface area contributed by atoms with Crippen LogP contribution in [-0.4, -0.2) is 63.4 Å². The van der Waals surface area contributed by atoms with Crippen molar-refractivity contribution in [1.82, 2.24) is 8.61 Å². The molecule has 0 spiro atoms. The van der Waals surface area contributed by atoms with E-state index in [-0.39, 0.29) is 0 Å². The van der Waals surface area contributed by atoms with Crippen molar-refractivity contribution in [2.24, 2.45) is 0 Å². The highest BCUT2D eigenvalue weighted by atomic mass is 32.2. The van der Waals surface area contributed by atoms with Crippen LogP contribution in [-0.2, 0) is 10.2 Å². The lowest BCUT2D eigenvalue weighted by Gasteiger charge is -2.37. The Kier molecular flexibility index (Phi) is 6.89. The molecule has 1 aromatic rings. The van der Waals surface area contributed by atoms with Crippen molar-refractivity contribution in [3.8, 4) is 5.75 Å². The quantitative estimate of drug-likeness (QED) is 0.717. The number of rotatable bonds is 8. The van der Waals surface area contributed by atoms with Crippen molar-refractivity contribution >= 4 is 15.9 Å². The topological polar surface area (TPSA) is 53.1 Å². The lowest BCUT2D eigenvalue weighted by Crippen LogP contribution is -2.53. The first kappa shape index (κ1) is 19.0. The minimum Gasteiger partial charge on any atom is -0.497 e. The average Bonchev–Trinajstić information content (AvgIpc) is 2.61. The van der Waals surface area contributed by atoms with Crippen LogP contribution in [0.1, 0.15) is 26.7 Å². The van der Waals surface area contributed by atoms with E-state index in [1.165, 1.54) is 0 Å². The molecule has 136 valence electrons. The fourth-order valence-corrected chi connectivity index (χ4v) is 4.77. The minimum atomic E-state index is -3.35. The molecule has 1 aliphatic rings. The predicted octanol–water partition coefficient (Wildman–Crippen LogP) is 2.18. The van der Waals surface area contributed by atoms with Crippen LogP contribution in [0.15, 0.2) is 24.3 Å². The summed E-state index contributed by atoms with van der Waals surface area (Å²) >= 11 is 0. The molecule has 24 heavy (non-hydrogen) atoms. The summed E-state index contributed by atoms with van der Waals surface area (Å²) in [5, 5.41) is 0. The van der Waals surface area contributed by atoms with E-state index >= 15 is 0 Å². The number of piperazine rings is 1. The number of nitrogens with zero attached hydrogens (tertiary/aromatic N) is 3. The van der Waals surface area contributed by atoms with Gasteiger partial charge in [-0.25, -0.2) is 0 Å². The molecule has 0 N–H and O–H groups in total. The summed E-state index contributed by atoms with van der Waals surface area (Å²) in [6.45, 7) is 7.63. The second-order valence-electron chi connectivity index (χ2n) is 5.99. The van der Waals surface area contributed by atoms with Gasteiger partial charge in [-0.15, -0.1) is 0 Å². The molecule has 1 aliphatic heterocycles. The SMILES string of the molecule is CCCN(CCC)S(=O)(=O)N1CCN(c2cccc(OC)c2)CC1. The highest BCUT2D eigenvalue weighted by molar-refractivity contribution is 7.86. The van der Waals surface area contributed by atoms with Gasteiger partial charge < -0.3 is 9.64 Å². The van der Waals surface area contributed by atoms with Crippen molar-refractivity contribution in [1.29, 1.82) is 0 Å². The van der Waals surface area contributed by atoms with E-state index in [0.717, 1.165) is 24.3 Å². The van der Waals surface area contributed by atoms with Crippen LogP contribution in [0, 0.1) is 0 Å². The van der Waals surface area contributed by atoms with Crippen molar-refractivity contribution in [3.05, 3.63) is 24.3 Å². The second-order valence-corrected chi connectivity index (χ2v) is 7.92. The molecule has 0 unspecified atom stereocenters. The maximum absolute atomic E-state index is 12.8. The number of hydrogen-bond acceptors (Lipinski definition) is 4. The van der Waals surface area contributed by atoms with Gasteiger partial charge in [0.15, 0.2) is 0 Å². The number of benzene rings is 1. The van der Waals surface area contributed by atoms with Gasteiger partial charge in [0.2, 0.25) is 0 Å². The molecule has 7 heteroatoms. The predicted molar refractivity (Wildman–Crippen MR) is 97.9 cm³/mol.